The first kappa shape index (κ1) is 19.6. The van der Waals surface area contributed by atoms with Gasteiger partial charge in [0.2, 0.25) is 0 Å². The van der Waals surface area contributed by atoms with E-state index in [1.165, 1.54) is 0 Å². The first-order valence-electron chi connectivity index (χ1n) is 10.5. The molecule has 6 aromatic rings. The third-order valence-corrected chi connectivity index (χ3v) is 6.62. The molecule has 0 aliphatic carbocycles. The van der Waals surface area contributed by atoms with Gasteiger partial charge in [0.05, 0.1) is 0 Å². The molecular weight excluding hydrogens is 432 g/mol. The van der Waals surface area contributed by atoms with Crippen LogP contribution in [0.4, 0.5) is 0 Å². The van der Waals surface area contributed by atoms with Crippen LogP contribution in [0.2, 0.25) is 0 Å². The summed E-state index contributed by atoms with van der Waals surface area (Å²) in [5.41, 5.74) is 0. The molecule has 6 aromatic carbocycles. The Hall–Kier alpha value is -4.09. The predicted molar refractivity (Wildman–Crippen MR) is 133 cm³/mol. The average molecular weight is 451 g/mol. The molecular formula is C28H18O4S. The number of hydrogen-bond donors (Lipinski definition) is 0. The molecule has 0 radical (unpaired) electrons. The Balaban J connectivity index is 1.30. The van der Waals surface area contributed by atoms with Crippen molar-refractivity contribution in [1.29, 1.82) is 0 Å². The summed E-state index contributed by atoms with van der Waals surface area (Å²) in [6.45, 7) is 0. The molecule has 0 amide bonds. The highest BCUT2D eigenvalue weighted by molar-refractivity contribution is 7.82. The third kappa shape index (κ3) is 3.62. The van der Waals surface area contributed by atoms with Gasteiger partial charge in [0.15, 0.2) is 0 Å². The molecule has 160 valence electrons. The molecule has 4 nitrogen and oxygen atoms in total. The van der Waals surface area contributed by atoms with E-state index in [9.17, 15) is 8.42 Å². The summed E-state index contributed by atoms with van der Waals surface area (Å²) in [6, 6.07) is 34.5. The molecule has 0 saturated carbocycles. The van der Waals surface area contributed by atoms with Gasteiger partial charge in [-0.1, -0.05) is 84.9 Å². The minimum absolute atomic E-state index is 0.199. The van der Waals surface area contributed by atoms with E-state index in [1.807, 2.05) is 84.9 Å². The highest BCUT2D eigenvalue weighted by Crippen LogP contribution is 2.31. The maximum Gasteiger partial charge on any atom is 0.500 e. The van der Waals surface area contributed by atoms with Gasteiger partial charge in [-0.3, -0.25) is 0 Å². The van der Waals surface area contributed by atoms with E-state index in [4.69, 9.17) is 8.37 Å². The smallest absolute Gasteiger partial charge is 0.353 e. The first-order valence-corrected chi connectivity index (χ1v) is 11.9. The van der Waals surface area contributed by atoms with Gasteiger partial charge in [0, 0.05) is 0 Å². The number of benzene rings is 6. The van der Waals surface area contributed by atoms with Crippen molar-refractivity contribution in [2.24, 2.45) is 0 Å². The molecule has 0 N–H and O–H groups in total. The van der Waals surface area contributed by atoms with Gasteiger partial charge < -0.3 is 8.37 Å². The average Bonchev–Trinajstić information content (AvgIpc) is 2.83. The summed E-state index contributed by atoms with van der Waals surface area (Å²) in [5, 5.41) is 8.28. The Bertz CT molecular complexity index is 1660. The van der Waals surface area contributed by atoms with Crippen molar-refractivity contribution in [2.45, 2.75) is 0 Å². The van der Waals surface area contributed by atoms with E-state index >= 15 is 0 Å². The lowest BCUT2D eigenvalue weighted by Gasteiger charge is -2.11. The third-order valence-electron chi connectivity index (χ3n) is 5.83. The SMILES string of the molecule is O=S(=O)(Oc1ccc2c(ccc3ccccc32)c1)Oc1ccc2c(ccc3ccccc32)c1. The molecule has 0 unspecified atom stereocenters. The van der Waals surface area contributed by atoms with Crippen LogP contribution in [0.3, 0.4) is 0 Å². The van der Waals surface area contributed by atoms with Gasteiger partial charge in [0.1, 0.15) is 11.5 Å². The van der Waals surface area contributed by atoms with Crippen LogP contribution in [0.5, 0.6) is 11.5 Å². The Morgan fingerprint density at radius 3 is 1.30 bits per heavy atom. The van der Waals surface area contributed by atoms with Crippen molar-refractivity contribution < 1.29 is 16.8 Å². The number of hydrogen-bond acceptors (Lipinski definition) is 4. The Morgan fingerprint density at radius 1 is 0.424 bits per heavy atom. The highest BCUT2D eigenvalue weighted by atomic mass is 32.3. The maximum atomic E-state index is 12.6. The zero-order valence-electron chi connectivity index (χ0n) is 17.4. The van der Waals surface area contributed by atoms with Gasteiger partial charge in [0.25, 0.3) is 0 Å². The van der Waals surface area contributed by atoms with Crippen LogP contribution in [0.1, 0.15) is 0 Å². The monoisotopic (exact) mass is 450 g/mol. The standard InChI is InChI=1S/C28H18O4S/c29-33(30,31-23-13-15-27-21(17-23)11-9-19-5-1-3-7-25(19)27)32-24-14-16-28-22(18-24)12-10-20-6-2-4-8-26(20)28/h1-18H. The van der Waals surface area contributed by atoms with Crippen LogP contribution in [-0.2, 0) is 10.4 Å². The van der Waals surface area contributed by atoms with Gasteiger partial charge in [-0.25, -0.2) is 0 Å². The van der Waals surface area contributed by atoms with Crippen LogP contribution in [-0.4, -0.2) is 8.42 Å². The second kappa shape index (κ2) is 7.50. The van der Waals surface area contributed by atoms with Crippen LogP contribution in [0.15, 0.2) is 109 Å². The second-order valence-corrected chi connectivity index (χ2v) is 9.06. The fraction of sp³-hybridized carbons (Fsp3) is 0. The van der Waals surface area contributed by atoms with Gasteiger partial charge in [-0.05, 0) is 67.4 Å². The summed E-state index contributed by atoms with van der Waals surface area (Å²) >= 11 is 0. The molecule has 5 heteroatoms. The van der Waals surface area contributed by atoms with Crippen molar-refractivity contribution >= 4 is 53.5 Å². The van der Waals surface area contributed by atoms with Gasteiger partial charge in [-0.2, -0.15) is 0 Å². The normalized spacial score (nSPS) is 11.9. The fourth-order valence-electron chi connectivity index (χ4n) is 4.34. The maximum absolute atomic E-state index is 12.6. The number of rotatable bonds is 4. The zero-order chi connectivity index (χ0) is 22.4. The summed E-state index contributed by atoms with van der Waals surface area (Å²) in [7, 11) is -4.31. The summed E-state index contributed by atoms with van der Waals surface area (Å²) in [4.78, 5) is 0. The van der Waals surface area contributed by atoms with Crippen LogP contribution >= 0.6 is 0 Å². The van der Waals surface area contributed by atoms with Crippen molar-refractivity contribution in [3.8, 4) is 11.5 Å². The Kier molecular flexibility index (Phi) is 4.45. The molecule has 0 aromatic heterocycles. The molecule has 0 bridgehead atoms. The van der Waals surface area contributed by atoms with E-state index in [1.54, 1.807) is 24.3 Å². The summed E-state index contributed by atoms with van der Waals surface area (Å²) in [6.07, 6.45) is 0. The van der Waals surface area contributed by atoms with Crippen LogP contribution in [0.25, 0.3) is 43.1 Å². The molecule has 0 saturated heterocycles. The van der Waals surface area contributed by atoms with E-state index in [0.29, 0.717) is 0 Å². The van der Waals surface area contributed by atoms with Crippen LogP contribution in [0, 0.1) is 0 Å². The van der Waals surface area contributed by atoms with E-state index in [2.05, 4.69) is 0 Å². The lowest BCUT2D eigenvalue weighted by Crippen LogP contribution is -2.16. The molecule has 0 fully saturated rings. The molecule has 0 heterocycles. The zero-order valence-corrected chi connectivity index (χ0v) is 18.3. The molecule has 0 aliphatic heterocycles. The first-order chi connectivity index (χ1) is 16.1. The van der Waals surface area contributed by atoms with E-state index < -0.39 is 10.4 Å². The molecule has 0 aliphatic rings. The van der Waals surface area contributed by atoms with E-state index in [0.717, 1.165) is 43.1 Å². The molecule has 0 spiro atoms. The summed E-state index contributed by atoms with van der Waals surface area (Å²) < 4.78 is 35.8. The van der Waals surface area contributed by atoms with Crippen molar-refractivity contribution in [1.82, 2.24) is 0 Å². The molecule has 0 atom stereocenters. The predicted octanol–water partition coefficient (Wildman–Crippen LogP) is 7.00. The van der Waals surface area contributed by atoms with Crippen LogP contribution < -0.4 is 8.37 Å². The molecule has 6 rings (SSSR count). The van der Waals surface area contributed by atoms with Crippen molar-refractivity contribution in [2.75, 3.05) is 0 Å². The fourth-order valence-corrected chi connectivity index (χ4v) is 5.05. The second-order valence-electron chi connectivity index (χ2n) is 7.91. The number of fused-ring (bicyclic) bond motifs is 6. The highest BCUT2D eigenvalue weighted by Gasteiger charge is 2.17. The minimum atomic E-state index is -4.31. The van der Waals surface area contributed by atoms with Crippen molar-refractivity contribution in [3.63, 3.8) is 0 Å². The lowest BCUT2D eigenvalue weighted by molar-refractivity contribution is 0.393. The minimum Gasteiger partial charge on any atom is -0.353 e. The quantitative estimate of drug-likeness (QED) is 0.271. The topological polar surface area (TPSA) is 52.6 Å². The van der Waals surface area contributed by atoms with Gasteiger partial charge >= 0.3 is 10.4 Å². The van der Waals surface area contributed by atoms with E-state index in [-0.39, 0.29) is 11.5 Å². The largest absolute Gasteiger partial charge is 0.500 e. The van der Waals surface area contributed by atoms with Crippen molar-refractivity contribution in [3.05, 3.63) is 109 Å². The Morgan fingerprint density at radius 2 is 0.818 bits per heavy atom. The molecule has 33 heavy (non-hydrogen) atoms. The summed E-state index contributed by atoms with van der Waals surface area (Å²) in [5.74, 6) is 0.397. The lowest BCUT2D eigenvalue weighted by atomic mass is 10.0. The van der Waals surface area contributed by atoms with Gasteiger partial charge in [-0.15, -0.1) is 8.42 Å². The Labute approximate surface area is 190 Å².